The number of hydrogen-bond acceptors (Lipinski definition) is 2. The summed E-state index contributed by atoms with van der Waals surface area (Å²) in [6.07, 6.45) is 1.52. The quantitative estimate of drug-likeness (QED) is 0.892. The van der Waals surface area contributed by atoms with Crippen molar-refractivity contribution < 1.29 is 9.59 Å². The van der Waals surface area contributed by atoms with Crippen molar-refractivity contribution in [3.63, 3.8) is 0 Å². The second-order valence-electron chi connectivity index (χ2n) is 5.50. The Morgan fingerprint density at radius 1 is 1.33 bits per heavy atom. The molecule has 1 aromatic rings. The maximum absolute atomic E-state index is 12.4. The lowest BCUT2D eigenvalue weighted by Gasteiger charge is -2.18. The van der Waals surface area contributed by atoms with E-state index in [9.17, 15) is 9.59 Å². The molecule has 0 radical (unpaired) electrons. The molecule has 0 spiro atoms. The molecule has 2 rings (SSSR count). The van der Waals surface area contributed by atoms with Gasteiger partial charge in [0.15, 0.2) is 0 Å². The molecule has 2 N–H and O–H groups in total. The predicted molar refractivity (Wildman–Crippen MR) is 83.5 cm³/mol. The van der Waals surface area contributed by atoms with Crippen LogP contribution in [0.1, 0.15) is 30.9 Å². The van der Waals surface area contributed by atoms with E-state index >= 15 is 0 Å². The van der Waals surface area contributed by atoms with Crippen molar-refractivity contribution >= 4 is 17.6 Å². The molecule has 1 aliphatic heterocycles. The molecular formula is C16H23N3O2. The second kappa shape index (κ2) is 6.61. The van der Waals surface area contributed by atoms with Crippen LogP contribution in [0.3, 0.4) is 0 Å². The Morgan fingerprint density at radius 3 is 2.76 bits per heavy atom. The number of benzene rings is 1. The van der Waals surface area contributed by atoms with Gasteiger partial charge in [-0.05, 0) is 49.9 Å². The Hall–Kier alpha value is -2.04. The van der Waals surface area contributed by atoms with Gasteiger partial charge in [0.1, 0.15) is 6.04 Å². The summed E-state index contributed by atoms with van der Waals surface area (Å²) in [7, 11) is 0. The molecule has 0 aromatic heterocycles. The van der Waals surface area contributed by atoms with Gasteiger partial charge >= 0.3 is 6.03 Å². The van der Waals surface area contributed by atoms with E-state index in [1.54, 1.807) is 4.90 Å². The van der Waals surface area contributed by atoms with Gasteiger partial charge in [0, 0.05) is 18.8 Å². The highest BCUT2D eigenvalue weighted by Crippen LogP contribution is 2.24. The number of amides is 3. The molecule has 0 aliphatic carbocycles. The Balaban J connectivity index is 2.00. The van der Waals surface area contributed by atoms with Crippen molar-refractivity contribution in [2.24, 2.45) is 0 Å². The van der Waals surface area contributed by atoms with Crippen LogP contribution in [0.25, 0.3) is 0 Å². The normalized spacial score (nSPS) is 18.0. The summed E-state index contributed by atoms with van der Waals surface area (Å²) >= 11 is 0. The average Bonchev–Trinajstić information content (AvgIpc) is 2.81. The van der Waals surface area contributed by atoms with E-state index in [1.807, 2.05) is 39.0 Å². The lowest BCUT2D eigenvalue weighted by molar-refractivity contribution is -0.118. The van der Waals surface area contributed by atoms with Crippen molar-refractivity contribution in [2.45, 2.75) is 39.7 Å². The molecule has 1 saturated heterocycles. The van der Waals surface area contributed by atoms with E-state index in [1.165, 1.54) is 5.56 Å². The van der Waals surface area contributed by atoms with Gasteiger partial charge in [0.25, 0.3) is 0 Å². The number of rotatable bonds is 4. The molecular weight excluding hydrogens is 266 g/mol. The summed E-state index contributed by atoms with van der Waals surface area (Å²) in [6.45, 7) is 7.33. The number of hydrogen-bond donors (Lipinski definition) is 2. The highest BCUT2D eigenvalue weighted by Gasteiger charge is 2.33. The zero-order valence-electron chi connectivity index (χ0n) is 12.9. The third-order valence-corrected chi connectivity index (χ3v) is 3.85. The molecule has 5 nitrogen and oxygen atoms in total. The van der Waals surface area contributed by atoms with Crippen molar-refractivity contribution in [2.75, 3.05) is 18.0 Å². The molecule has 1 fully saturated rings. The number of urea groups is 1. The van der Waals surface area contributed by atoms with Gasteiger partial charge < -0.3 is 15.5 Å². The van der Waals surface area contributed by atoms with Crippen LogP contribution in [0, 0.1) is 13.8 Å². The van der Waals surface area contributed by atoms with Gasteiger partial charge in [-0.25, -0.2) is 4.79 Å². The minimum atomic E-state index is -0.427. The summed E-state index contributed by atoms with van der Waals surface area (Å²) in [5, 5.41) is 5.48. The molecule has 21 heavy (non-hydrogen) atoms. The minimum absolute atomic E-state index is 0.0371. The largest absolute Gasteiger partial charge is 0.338 e. The number of nitrogens with zero attached hydrogens (tertiary/aromatic N) is 1. The van der Waals surface area contributed by atoms with Crippen molar-refractivity contribution in [1.82, 2.24) is 10.6 Å². The fourth-order valence-corrected chi connectivity index (χ4v) is 2.41. The predicted octanol–water partition coefficient (Wildman–Crippen LogP) is 2.12. The summed E-state index contributed by atoms with van der Waals surface area (Å²) < 4.78 is 0. The molecule has 1 aliphatic rings. The Kier molecular flexibility index (Phi) is 4.83. The first kappa shape index (κ1) is 15.4. The molecule has 1 heterocycles. The first-order chi connectivity index (χ1) is 10.0. The molecule has 5 heteroatoms. The monoisotopic (exact) mass is 289 g/mol. The van der Waals surface area contributed by atoms with Gasteiger partial charge in [-0.3, -0.25) is 4.79 Å². The van der Waals surface area contributed by atoms with Crippen LogP contribution in [0.15, 0.2) is 18.2 Å². The zero-order valence-corrected chi connectivity index (χ0v) is 12.9. The van der Waals surface area contributed by atoms with Crippen LogP contribution in [0.5, 0.6) is 0 Å². The third-order valence-electron chi connectivity index (χ3n) is 3.85. The molecule has 114 valence electrons. The number of aryl methyl sites for hydroxylation is 2. The Bertz CT molecular complexity index is 542. The number of carbonyl (C=O) groups excluding carboxylic acids is 2. The lowest BCUT2D eigenvalue weighted by atomic mass is 10.1. The lowest BCUT2D eigenvalue weighted by Crippen LogP contribution is -2.46. The number of carbonyl (C=O) groups is 2. The fourth-order valence-electron chi connectivity index (χ4n) is 2.41. The zero-order chi connectivity index (χ0) is 15.4. The summed E-state index contributed by atoms with van der Waals surface area (Å²) in [5.74, 6) is -0.0371. The summed E-state index contributed by atoms with van der Waals surface area (Å²) in [4.78, 5) is 25.8. The standard InChI is InChI=1S/C16H23N3O2/c1-4-8-17-16(21)18-14-7-9-19(15(14)20)13-6-5-11(2)12(3)10-13/h5-6,10,14H,4,7-9H2,1-3H3,(H2,17,18,21)/t14-/m0/s1. The number of nitrogens with one attached hydrogen (secondary N) is 2. The van der Waals surface area contributed by atoms with Gasteiger partial charge in [-0.2, -0.15) is 0 Å². The van der Waals surface area contributed by atoms with Crippen LogP contribution in [0.2, 0.25) is 0 Å². The van der Waals surface area contributed by atoms with Crippen LogP contribution in [-0.2, 0) is 4.79 Å². The Morgan fingerprint density at radius 2 is 2.10 bits per heavy atom. The maximum Gasteiger partial charge on any atom is 0.315 e. The van der Waals surface area contributed by atoms with E-state index in [-0.39, 0.29) is 11.9 Å². The third kappa shape index (κ3) is 3.54. The molecule has 3 amide bonds. The molecule has 1 atom stereocenters. The smallest absolute Gasteiger partial charge is 0.315 e. The van der Waals surface area contributed by atoms with Crippen molar-refractivity contribution in [3.8, 4) is 0 Å². The molecule has 0 unspecified atom stereocenters. The van der Waals surface area contributed by atoms with Crippen molar-refractivity contribution in [1.29, 1.82) is 0 Å². The van der Waals surface area contributed by atoms with Crippen LogP contribution >= 0.6 is 0 Å². The van der Waals surface area contributed by atoms with Crippen LogP contribution < -0.4 is 15.5 Å². The van der Waals surface area contributed by atoms with E-state index < -0.39 is 6.04 Å². The second-order valence-corrected chi connectivity index (χ2v) is 5.50. The van der Waals surface area contributed by atoms with E-state index in [4.69, 9.17) is 0 Å². The highest BCUT2D eigenvalue weighted by molar-refractivity contribution is 6.01. The number of anilines is 1. The highest BCUT2D eigenvalue weighted by atomic mass is 16.2. The summed E-state index contributed by atoms with van der Waals surface area (Å²) in [6, 6.07) is 5.31. The molecule has 0 saturated carbocycles. The Labute approximate surface area is 125 Å². The van der Waals surface area contributed by atoms with E-state index in [2.05, 4.69) is 10.6 Å². The van der Waals surface area contributed by atoms with Crippen LogP contribution in [-0.4, -0.2) is 31.1 Å². The first-order valence-electron chi connectivity index (χ1n) is 7.46. The summed E-state index contributed by atoms with van der Waals surface area (Å²) in [5.41, 5.74) is 3.28. The maximum atomic E-state index is 12.4. The van der Waals surface area contributed by atoms with Gasteiger partial charge in [-0.15, -0.1) is 0 Å². The van der Waals surface area contributed by atoms with Crippen LogP contribution in [0.4, 0.5) is 10.5 Å². The fraction of sp³-hybridized carbons (Fsp3) is 0.500. The van der Waals surface area contributed by atoms with E-state index in [0.717, 1.165) is 17.7 Å². The SMILES string of the molecule is CCCNC(=O)N[C@H]1CCN(c2ccc(C)c(C)c2)C1=O. The van der Waals surface area contributed by atoms with Gasteiger partial charge in [-0.1, -0.05) is 13.0 Å². The first-order valence-corrected chi connectivity index (χ1v) is 7.46. The average molecular weight is 289 g/mol. The minimum Gasteiger partial charge on any atom is -0.338 e. The molecule has 0 bridgehead atoms. The topological polar surface area (TPSA) is 61.4 Å². The molecule has 1 aromatic carbocycles. The van der Waals surface area contributed by atoms with Gasteiger partial charge in [0.05, 0.1) is 0 Å². The van der Waals surface area contributed by atoms with E-state index in [0.29, 0.717) is 19.5 Å². The van der Waals surface area contributed by atoms with Gasteiger partial charge in [0.2, 0.25) is 5.91 Å². The van der Waals surface area contributed by atoms with Crippen molar-refractivity contribution in [3.05, 3.63) is 29.3 Å².